The van der Waals surface area contributed by atoms with E-state index in [1.165, 1.54) is 0 Å². The molecule has 0 aliphatic carbocycles. The Morgan fingerprint density at radius 3 is 2.40 bits per heavy atom. The highest BCUT2D eigenvalue weighted by molar-refractivity contribution is 6.27. The summed E-state index contributed by atoms with van der Waals surface area (Å²) < 4.78 is 0. The van der Waals surface area contributed by atoms with Crippen LogP contribution in [0.4, 0.5) is 0 Å². The Morgan fingerprint density at radius 2 is 2.40 bits per heavy atom. The van der Waals surface area contributed by atoms with E-state index in [1.807, 2.05) is 9.85 Å². The maximum absolute atomic E-state index is 5.11. The van der Waals surface area contributed by atoms with Gasteiger partial charge in [0.25, 0.3) is 0 Å². The van der Waals surface area contributed by atoms with E-state index < -0.39 is 0 Å². The van der Waals surface area contributed by atoms with Crippen LogP contribution >= 0.6 is 0 Å². The van der Waals surface area contributed by atoms with Crippen LogP contribution in [0.15, 0.2) is 0 Å². The lowest BCUT2D eigenvalue weighted by Crippen LogP contribution is -1.97. The molecular formula is C3H9NSi. The lowest BCUT2D eigenvalue weighted by molar-refractivity contribution is 1.07. The van der Waals surface area contributed by atoms with Crippen LogP contribution in [0.3, 0.4) is 0 Å². The molecule has 0 heterocycles. The standard InChI is InChI=1S/C3H9NSi/c4-2-1-3-5/h3H,1-2,4-5H2. The molecule has 2 heteroatoms. The lowest BCUT2D eigenvalue weighted by Gasteiger charge is -1.74. The van der Waals surface area contributed by atoms with Crippen LogP contribution < -0.4 is 5.73 Å². The summed E-state index contributed by atoms with van der Waals surface area (Å²) in [7, 11) is 1.84. The summed E-state index contributed by atoms with van der Waals surface area (Å²) in [5, 5.41) is 0. The summed E-state index contributed by atoms with van der Waals surface area (Å²) in [6.07, 6.45) is 1.05. The molecule has 0 rings (SSSR count). The minimum Gasteiger partial charge on any atom is -0.330 e. The fourth-order valence-corrected chi connectivity index (χ4v) is 0.354. The SMILES string of the molecule is NCCC=[SiH2]. The third-order valence-electron chi connectivity index (χ3n) is 0.371. The molecule has 1 nitrogen and oxygen atoms in total. The first-order valence-corrected chi connectivity index (χ1v) is 2.54. The van der Waals surface area contributed by atoms with Crippen molar-refractivity contribution in [2.45, 2.75) is 6.42 Å². The van der Waals surface area contributed by atoms with Crippen molar-refractivity contribution < 1.29 is 0 Å². The molecule has 0 fully saturated rings. The van der Waals surface area contributed by atoms with Gasteiger partial charge >= 0.3 is 0 Å². The zero-order valence-electron chi connectivity index (χ0n) is 3.28. The Kier molecular flexibility index (Phi) is 4.08. The van der Waals surface area contributed by atoms with Gasteiger partial charge in [0.2, 0.25) is 0 Å². The molecule has 0 amide bonds. The number of nitrogens with two attached hydrogens (primary N) is 1. The third-order valence-corrected chi connectivity index (χ3v) is 0.779. The van der Waals surface area contributed by atoms with Gasteiger partial charge in [-0.25, -0.2) is 0 Å². The minimum absolute atomic E-state index is 0.795. The lowest BCUT2D eigenvalue weighted by atomic mass is 10.5. The summed E-state index contributed by atoms with van der Waals surface area (Å²) in [5.41, 5.74) is 7.20. The Hall–Kier alpha value is 0.0469. The van der Waals surface area contributed by atoms with E-state index in [4.69, 9.17) is 5.73 Å². The average molecular weight is 87.2 g/mol. The summed E-state index contributed by atoms with van der Waals surface area (Å²) >= 11 is 0. The second-order valence-corrected chi connectivity index (χ2v) is 1.44. The molecule has 0 bridgehead atoms. The Bertz CT molecular complexity index is 28.1. The zero-order valence-corrected chi connectivity index (χ0v) is 4.69. The first-order chi connectivity index (χ1) is 2.41. The summed E-state index contributed by atoms with van der Waals surface area (Å²) in [4.78, 5) is 0. The second-order valence-electron chi connectivity index (χ2n) is 0.866. The zero-order chi connectivity index (χ0) is 4.12. The normalized spacial score (nSPS) is 7.40. The first kappa shape index (κ1) is 5.05. The highest BCUT2D eigenvalue weighted by Crippen LogP contribution is 1.53. The van der Waals surface area contributed by atoms with Gasteiger partial charge in [0.05, 0.1) is 0 Å². The number of rotatable bonds is 2. The molecule has 0 aromatic rings. The van der Waals surface area contributed by atoms with Crippen LogP contribution in [0.5, 0.6) is 0 Å². The fraction of sp³-hybridized carbons (Fsp3) is 0.667. The maximum Gasteiger partial charge on any atom is -0.00466 e. The van der Waals surface area contributed by atoms with Crippen LogP contribution in [-0.4, -0.2) is 22.1 Å². The van der Waals surface area contributed by atoms with E-state index in [-0.39, 0.29) is 0 Å². The molecule has 0 aromatic heterocycles. The number of hydrogen-bond donors (Lipinski definition) is 1. The molecule has 0 unspecified atom stereocenters. The minimum atomic E-state index is 0.795. The molecule has 5 heavy (non-hydrogen) atoms. The van der Waals surface area contributed by atoms with Gasteiger partial charge in [-0.05, 0) is 22.8 Å². The van der Waals surface area contributed by atoms with Crippen molar-refractivity contribution in [2.24, 2.45) is 5.73 Å². The van der Waals surface area contributed by atoms with Crippen LogP contribution in [0, 0.1) is 0 Å². The van der Waals surface area contributed by atoms with Gasteiger partial charge in [0, 0.05) is 0 Å². The van der Waals surface area contributed by atoms with Gasteiger partial charge in [-0.1, -0.05) is 0 Å². The quantitative estimate of drug-likeness (QED) is 0.419. The predicted octanol–water partition coefficient (Wildman–Crippen LogP) is -1.23. The van der Waals surface area contributed by atoms with Gasteiger partial charge in [-0.3, -0.25) is 0 Å². The predicted molar refractivity (Wildman–Crippen MR) is 28.3 cm³/mol. The van der Waals surface area contributed by atoms with E-state index in [0.717, 1.165) is 13.0 Å². The largest absolute Gasteiger partial charge is 0.330 e. The third kappa shape index (κ3) is 4.05. The van der Waals surface area contributed by atoms with E-state index in [9.17, 15) is 0 Å². The summed E-state index contributed by atoms with van der Waals surface area (Å²) in [5.74, 6) is 0. The maximum atomic E-state index is 5.11. The molecule has 0 saturated carbocycles. The molecule has 30 valence electrons. The van der Waals surface area contributed by atoms with E-state index >= 15 is 0 Å². The summed E-state index contributed by atoms with van der Waals surface area (Å²) in [6, 6.07) is 0. The highest BCUT2D eigenvalue weighted by atomic mass is 28.1. The van der Waals surface area contributed by atoms with Crippen molar-refractivity contribution in [1.29, 1.82) is 0 Å². The molecule has 0 spiro atoms. The second kappa shape index (κ2) is 4.05. The molecular weight excluding hydrogens is 78.1 g/mol. The molecule has 0 aliphatic rings. The van der Waals surface area contributed by atoms with Crippen LogP contribution in [-0.2, 0) is 0 Å². The first-order valence-electron chi connectivity index (χ1n) is 1.72. The average Bonchev–Trinajstić information content (AvgIpc) is 1.41. The Balaban J connectivity index is 2.40. The molecule has 0 aromatic carbocycles. The molecule has 2 N–H and O–H groups in total. The smallest absolute Gasteiger partial charge is 0.00466 e. The van der Waals surface area contributed by atoms with Crippen molar-refractivity contribution in [3.63, 3.8) is 0 Å². The van der Waals surface area contributed by atoms with Crippen molar-refractivity contribution >= 4 is 15.5 Å². The molecule has 0 saturated heterocycles. The van der Waals surface area contributed by atoms with Gasteiger partial charge in [-0.15, -0.1) is 5.67 Å². The van der Waals surface area contributed by atoms with Crippen LogP contribution in [0.2, 0.25) is 0 Å². The van der Waals surface area contributed by atoms with Crippen molar-refractivity contribution in [3.05, 3.63) is 0 Å². The van der Waals surface area contributed by atoms with Crippen molar-refractivity contribution in [3.8, 4) is 0 Å². The summed E-state index contributed by atoms with van der Waals surface area (Å²) in [6.45, 7) is 0.795. The molecule has 0 radical (unpaired) electrons. The van der Waals surface area contributed by atoms with Crippen molar-refractivity contribution in [1.82, 2.24) is 0 Å². The van der Waals surface area contributed by atoms with Gasteiger partial charge in [0.1, 0.15) is 0 Å². The van der Waals surface area contributed by atoms with Crippen molar-refractivity contribution in [2.75, 3.05) is 6.54 Å². The Labute approximate surface area is 35.2 Å². The highest BCUT2D eigenvalue weighted by Gasteiger charge is 1.60. The monoisotopic (exact) mass is 87.1 g/mol. The molecule has 0 aliphatic heterocycles. The van der Waals surface area contributed by atoms with E-state index in [2.05, 4.69) is 5.67 Å². The molecule has 0 atom stereocenters. The topological polar surface area (TPSA) is 26.0 Å². The number of hydrogen-bond acceptors (Lipinski definition) is 1. The van der Waals surface area contributed by atoms with Crippen LogP contribution in [0.25, 0.3) is 0 Å². The fourth-order valence-electron chi connectivity index (χ4n) is 0.118. The van der Waals surface area contributed by atoms with Gasteiger partial charge < -0.3 is 5.73 Å². The van der Waals surface area contributed by atoms with E-state index in [1.54, 1.807) is 0 Å². The van der Waals surface area contributed by atoms with Gasteiger partial charge in [-0.2, -0.15) is 0 Å². The van der Waals surface area contributed by atoms with E-state index in [0.29, 0.717) is 0 Å². The van der Waals surface area contributed by atoms with Crippen LogP contribution in [0.1, 0.15) is 6.42 Å². The Morgan fingerprint density at radius 1 is 1.80 bits per heavy atom. The van der Waals surface area contributed by atoms with Gasteiger partial charge in [0.15, 0.2) is 0 Å².